The number of benzene rings is 1. The summed E-state index contributed by atoms with van der Waals surface area (Å²) in [5.41, 5.74) is 10.3. The van der Waals surface area contributed by atoms with Gasteiger partial charge in [0.25, 0.3) is 0 Å². The van der Waals surface area contributed by atoms with Gasteiger partial charge in [0.15, 0.2) is 0 Å². The van der Waals surface area contributed by atoms with Crippen molar-refractivity contribution in [1.29, 1.82) is 0 Å². The lowest BCUT2D eigenvalue weighted by Crippen LogP contribution is -2.45. The van der Waals surface area contributed by atoms with E-state index in [2.05, 4.69) is 48.1 Å². The Hall–Kier alpha value is -1.32. The van der Waals surface area contributed by atoms with Crippen LogP contribution >= 0.6 is 0 Å². The van der Waals surface area contributed by atoms with Gasteiger partial charge in [0.1, 0.15) is 0 Å². The number of piperidine rings is 1. The summed E-state index contributed by atoms with van der Waals surface area (Å²) in [7, 11) is 2.20. The van der Waals surface area contributed by atoms with Crippen molar-refractivity contribution in [3.63, 3.8) is 0 Å². The molecule has 1 aliphatic rings. The topological polar surface area (TPSA) is 45.1 Å². The number of H-pyrrole nitrogens is 1. The zero-order chi connectivity index (χ0) is 13.5. The van der Waals surface area contributed by atoms with Crippen LogP contribution in [0.15, 0.2) is 24.3 Å². The van der Waals surface area contributed by atoms with Crippen molar-refractivity contribution in [2.45, 2.75) is 25.2 Å². The zero-order valence-corrected chi connectivity index (χ0v) is 11.9. The van der Waals surface area contributed by atoms with E-state index in [0.717, 1.165) is 32.5 Å². The van der Waals surface area contributed by atoms with Gasteiger partial charge in [-0.1, -0.05) is 18.2 Å². The Balaban J connectivity index is 2.13. The van der Waals surface area contributed by atoms with E-state index in [4.69, 9.17) is 5.73 Å². The summed E-state index contributed by atoms with van der Waals surface area (Å²) in [6.45, 7) is 5.20. The monoisotopic (exact) mass is 257 g/mol. The maximum Gasteiger partial charge on any atom is 0.0459 e. The Morgan fingerprint density at radius 2 is 1.95 bits per heavy atom. The first-order valence-electron chi connectivity index (χ1n) is 7.13. The van der Waals surface area contributed by atoms with Gasteiger partial charge in [-0.3, -0.25) is 0 Å². The number of nitrogens with two attached hydrogens (primary N) is 1. The van der Waals surface area contributed by atoms with Gasteiger partial charge in [-0.15, -0.1) is 0 Å². The molecule has 0 atom stereocenters. The van der Waals surface area contributed by atoms with E-state index >= 15 is 0 Å². The molecule has 3 N–H and O–H groups in total. The van der Waals surface area contributed by atoms with Crippen LogP contribution in [0.2, 0.25) is 0 Å². The fraction of sp³-hybridized carbons (Fsp3) is 0.500. The van der Waals surface area contributed by atoms with Crippen molar-refractivity contribution in [1.82, 2.24) is 9.88 Å². The van der Waals surface area contributed by atoms with Crippen LogP contribution in [0.1, 0.15) is 24.1 Å². The average Bonchev–Trinajstić information content (AvgIpc) is 2.77. The van der Waals surface area contributed by atoms with E-state index in [1.165, 1.54) is 22.2 Å². The Bertz CT molecular complexity index is 577. The maximum atomic E-state index is 6.20. The smallest absolute Gasteiger partial charge is 0.0459 e. The number of likely N-dealkylation sites (tertiary alicyclic amines) is 1. The fourth-order valence-corrected chi connectivity index (χ4v) is 3.56. The number of fused-ring (bicyclic) bond motifs is 1. The van der Waals surface area contributed by atoms with Gasteiger partial charge in [-0.05, 0) is 51.5 Å². The summed E-state index contributed by atoms with van der Waals surface area (Å²) in [5, 5.41) is 1.36. The second-order valence-corrected chi connectivity index (χ2v) is 5.96. The molecule has 0 spiro atoms. The highest BCUT2D eigenvalue weighted by Gasteiger charge is 2.37. The van der Waals surface area contributed by atoms with Crippen molar-refractivity contribution in [2.24, 2.45) is 5.73 Å². The maximum absolute atomic E-state index is 6.20. The summed E-state index contributed by atoms with van der Waals surface area (Å²) >= 11 is 0. The van der Waals surface area contributed by atoms with Gasteiger partial charge >= 0.3 is 0 Å². The highest BCUT2D eigenvalue weighted by molar-refractivity contribution is 5.85. The molecular weight excluding hydrogens is 234 g/mol. The number of hydrogen-bond donors (Lipinski definition) is 2. The van der Waals surface area contributed by atoms with Gasteiger partial charge in [0.05, 0.1) is 0 Å². The zero-order valence-electron chi connectivity index (χ0n) is 11.9. The summed E-state index contributed by atoms with van der Waals surface area (Å²) in [6, 6.07) is 8.60. The van der Waals surface area contributed by atoms with Crippen molar-refractivity contribution < 1.29 is 0 Å². The fourth-order valence-electron chi connectivity index (χ4n) is 3.56. The Morgan fingerprint density at radius 3 is 2.63 bits per heavy atom. The molecule has 0 amide bonds. The first kappa shape index (κ1) is 12.7. The largest absolute Gasteiger partial charge is 0.358 e. The van der Waals surface area contributed by atoms with Gasteiger partial charge in [-0.25, -0.2) is 0 Å². The number of rotatable bonds is 2. The second-order valence-electron chi connectivity index (χ2n) is 5.96. The highest BCUT2D eigenvalue weighted by atomic mass is 15.1. The molecule has 19 heavy (non-hydrogen) atoms. The standard InChI is InChI=1S/C16H23N3/c1-12-15(13-5-3-4-6-14(13)18-12)16(11-17)7-9-19(2)10-8-16/h3-6,18H,7-11,17H2,1-2H3. The summed E-state index contributed by atoms with van der Waals surface area (Å²) in [5.74, 6) is 0. The predicted molar refractivity (Wildman–Crippen MR) is 80.5 cm³/mol. The van der Waals surface area contributed by atoms with Gasteiger partial charge < -0.3 is 15.6 Å². The average molecular weight is 257 g/mol. The number of hydrogen-bond acceptors (Lipinski definition) is 2. The SMILES string of the molecule is Cc1[nH]c2ccccc2c1C1(CN)CCN(C)CC1. The molecule has 1 aliphatic heterocycles. The lowest BCUT2D eigenvalue weighted by atomic mass is 9.71. The third-order valence-corrected chi connectivity index (χ3v) is 4.76. The van der Waals surface area contributed by atoms with Crippen LogP contribution in [-0.4, -0.2) is 36.6 Å². The molecule has 3 heteroatoms. The van der Waals surface area contributed by atoms with Crippen molar-refractivity contribution in [3.8, 4) is 0 Å². The van der Waals surface area contributed by atoms with Crippen LogP contribution in [0.25, 0.3) is 10.9 Å². The Morgan fingerprint density at radius 1 is 1.26 bits per heavy atom. The van der Waals surface area contributed by atoms with Gasteiger partial charge in [0.2, 0.25) is 0 Å². The van der Waals surface area contributed by atoms with Crippen LogP contribution in [0, 0.1) is 6.92 Å². The summed E-state index contributed by atoms with van der Waals surface area (Å²) in [4.78, 5) is 5.93. The normalized spacial score (nSPS) is 19.9. The van der Waals surface area contributed by atoms with E-state index in [1.54, 1.807) is 0 Å². The van der Waals surface area contributed by atoms with E-state index in [0.29, 0.717) is 0 Å². The van der Waals surface area contributed by atoms with Gasteiger partial charge in [-0.2, -0.15) is 0 Å². The number of aromatic amines is 1. The number of nitrogens with one attached hydrogen (secondary N) is 1. The van der Waals surface area contributed by atoms with E-state index < -0.39 is 0 Å². The van der Waals surface area contributed by atoms with Crippen LogP contribution in [0.3, 0.4) is 0 Å². The molecule has 1 fully saturated rings. The number of aromatic nitrogens is 1. The number of nitrogens with zero attached hydrogens (tertiary/aromatic N) is 1. The van der Waals surface area contributed by atoms with Crippen LogP contribution < -0.4 is 5.73 Å². The molecule has 0 aliphatic carbocycles. The first-order valence-corrected chi connectivity index (χ1v) is 7.13. The quantitative estimate of drug-likeness (QED) is 0.867. The lowest BCUT2D eigenvalue weighted by molar-refractivity contribution is 0.192. The highest BCUT2D eigenvalue weighted by Crippen LogP contribution is 2.40. The molecule has 1 aromatic heterocycles. The van der Waals surface area contributed by atoms with Crippen LogP contribution in [0.5, 0.6) is 0 Å². The third kappa shape index (κ3) is 1.97. The third-order valence-electron chi connectivity index (χ3n) is 4.76. The molecule has 2 aromatic rings. The molecule has 1 saturated heterocycles. The second kappa shape index (κ2) is 4.66. The van der Waals surface area contributed by atoms with Crippen LogP contribution in [0.4, 0.5) is 0 Å². The summed E-state index contributed by atoms with van der Waals surface area (Å²) < 4.78 is 0. The minimum atomic E-state index is 0.149. The van der Waals surface area contributed by atoms with Crippen molar-refractivity contribution in [3.05, 3.63) is 35.5 Å². The lowest BCUT2D eigenvalue weighted by Gasteiger charge is -2.40. The minimum Gasteiger partial charge on any atom is -0.358 e. The molecular formula is C16H23N3. The molecule has 3 nitrogen and oxygen atoms in total. The molecule has 0 unspecified atom stereocenters. The number of para-hydroxylation sites is 1. The Kier molecular flexibility index (Phi) is 3.11. The van der Waals surface area contributed by atoms with E-state index in [1.807, 2.05) is 0 Å². The van der Waals surface area contributed by atoms with Crippen molar-refractivity contribution in [2.75, 3.05) is 26.7 Å². The number of aryl methyl sites for hydroxylation is 1. The van der Waals surface area contributed by atoms with E-state index in [9.17, 15) is 0 Å². The first-order chi connectivity index (χ1) is 9.16. The summed E-state index contributed by atoms with van der Waals surface area (Å²) in [6.07, 6.45) is 2.31. The van der Waals surface area contributed by atoms with E-state index in [-0.39, 0.29) is 5.41 Å². The molecule has 1 aromatic carbocycles. The molecule has 3 rings (SSSR count). The van der Waals surface area contributed by atoms with Crippen LogP contribution in [-0.2, 0) is 5.41 Å². The Labute approximate surface area is 114 Å². The molecule has 0 saturated carbocycles. The molecule has 102 valence electrons. The molecule has 0 bridgehead atoms. The minimum absolute atomic E-state index is 0.149. The predicted octanol–water partition coefficient (Wildman–Crippen LogP) is 2.40. The molecule has 2 heterocycles. The van der Waals surface area contributed by atoms with Crippen molar-refractivity contribution >= 4 is 10.9 Å². The molecule has 0 radical (unpaired) electrons. The van der Waals surface area contributed by atoms with Gasteiger partial charge in [0, 0.05) is 28.6 Å².